The molecule has 0 aliphatic rings. The number of rotatable bonds is 9. The molecule has 4 heteroatoms. The number of benzene rings is 1. The van der Waals surface area contributed by atoms with Crippen LogP contribution in [-0.2, 0) is 8.85 Å². The Balaban J connectivity index is 2.94. The van der Waals surface area contributed by atoms with E-state index in [1.54, 1.807) is 0 Å². The fourth-order valence-corrected chi connectivity index (χ4v) is 5.06. The summed E-state index contributed by atoms with van der Waals surface area (Å²) in [6.07, 6.45) is 2.00. The number of hydrogen-bond donors (Lipinski definition) is 1. The zero-order valence-corrected chi connectivity index (χ0v) is 12.5. The van der Waals surface area contributed by atoms with Crippen LogP contribution < -0.4 is 10.9 Å². The zero-order valence-electron chi connectivity index (χ0n) is 11.5. The minimum Gasteiger partial charge on any atom is -0.391 e. The quantitative estimate of drug-likeness (QED) is 0.697. The molecule has 0 radical (unpaired) electrons. The van der Waals surface area contributed by atoms with Gasteiger partial charge < -0.3 is 14.6 Å². The van der Waals surface area contributed by atoms with E-state index >= 15 is 0 Å². The number of nitrogens with two attached hydrogens (primary N) is 1. The predicted molar refractivity (Wildman–Crippen MR) is 78.2 cm³/mol. The normalized spacial score (nSPS) is 11.7. The highest BCUT2D eigenvalue weighted by Gasteiger charge is 2.39. The lowest BCUT2D eigenvalue weighted by atomic mass is 10.4. The molecule has 102 valence electrons. The van der Waals surface area contributed by atoms with Crippen molar-refractivity contribution in [3.8, 4) is 0 Å². The monoisotopic (exact) mass is 267 g/mol. The van der Waals surface area contributed by atoms with Crippen LogP contribution >= 0.6 is 0 Å². The molecule has 0 heterocycles. The van der Waals surface area contributed by atoms with Crippen molar-refractivity contribution in [1.82, 2.24) is 0 Å². The summed E-state index contributed by atoms with van der Waals surface area (Å²) in [5.74, 6) is 0. The molecule has 1 rings (SSSR count). The zero-order chi connectivity index (χ0) is 13.3. The van der Waals surface area contributed by atoms with Crippen molar-refractivity contribution in [2.24, 2.45) is 5.73 Å². The van der Waals surface area contributed by atoms with Gasteiger partial charge in [0.2, 0.25) is 0 Å². The Morgan fingerprint density at radius 2 is 1.56 bits per heavy atom. The lowest BCUT2D eigenvalue weighted by Gasteiger charge is -2.30. The Bertz CT molecular complexity index is 311. The van der Waals surface area contributed by atoms with Crippen LogP contribution in [0.15, 0.2) is 30.3 Å². The van der Waals surface area contributed by atoms with Crippen molar-refractivity contribution in [1.29, 1.82) is 0 Å². The molecule has 0 fully saturated rings. The molecule has 0 atom stereocenters. The first kappa shape index (κ1) is 15.4. The topological polar surface area (TPSA) is 44.5 Å². The van der Waals surface area contributed by atoms with Crippen LogP contribution in [0.2, 0.25) is 6.04 Å². The summed E-state index contributed by atoms with van der Waals surface area (Å²) in [5.41, 5.74) is 5.77. The molecule has 1 aromatic rings. The van der Waals surface area contributed by atoms with Gasteiger partial charge in [-0.05, 0) is 24.6 Å². The Morgan fingerprint density at radius 3 is 2.00 bits per heavy atom. The smallest absolute Gasteiger partial charge is 0.373 e. The third kappa shape index (κ3) is 4.21. The van der Waals surface area contributed by atoms with Gasteiger partial charge in [0, 0.05) is 19.3 Å². The van der Waals surface area contributed by atoms with E-state index in [0.29, 0.717) is 6.54 Å². The van der Waals surface area contributed by atoms with Crippen molar-refractivity contribution in [3.05, 3.63) is 30.3 Å². The minimum absolute atomic E-state index is 0.606. The summed E-state index contributed by atoms with van der Waals surface area (Å²) in [6.45, 7) is 6.32. The van der Waals surface area contributed by atoms with Crippen molar-refractivity contribution in [2.45, 2.75) is 32.7 Å². The molecule has 0 aliphatic carbocycles. The largest absolute Gasteiger partial charge is 0.391 e. The van der Waals surface area contributed by atoms with E-state index in [1.807, 2.05) is 18.2 Å². The second-order valence-electron chi connectivity index (χ2n) is 4.35. The molecule has 18 heavy (non-hydrogen) atoms. The molecular weight excluding hydrogens is 242 g/mol. The van der Waals surface area contributed by atoms with Crippen molar-refractivity contribution in [2.75, 3.05) is 19.8 Å². The van der Waals surface area contributed by atoms with Gasteiger partial charge in [0.25, 0.3) is 0 Å². The van der Waals surface area contributed by atoms with Gasteiger partial charge in [0.1, 0.15) is 0 Å². The third-order valence-corrected chi connectivity index (χ3v) is 6.27. The van der Waals surface area contributed by atoms with Crippen LogP contribution in [0.3, 0.4) is 0 Å². The maximum absolute atomic E-state index is 6.14. The summed E-state index contributed by atoms with van der Waals surface area (Å²) in [5, 5.41) is 1.19. The van der Waals surface area contributed by atoms with Gasteiger partial charge in [0.05, 0.1) is 0 Å². The summed E-state index contributed by atoms with van der Waals surface area (Å²) in [6, 6.07) is 11.1. The molecule has 0 aromatic heterocycles. The van der Waals surface area contributed by atoms with E-state index in [9.17, 15) is 0 Å². The number of hydrogen-bond acceptors (Lipinski definition) is 3. The van der Waals surface area contributed by atoms with Gasteiger partial charge >= 0.3 is 8.56 Å². The standard InChI is InChI=1S/C14H25NO2Si/c1-3-11-16-18(13-10-15,17-12-4-2)14-8-6-5-7-9-14/h5-9H,3-4,10-13,15H2,1-2H3. The molecule has 0 amide bonds. The molecular formula is C14H25NO2Si. The van der Waals surface area contributed by atoms with Crippen LogP contribution in [0.4, 0.5) is 0 Å². The van der Waals surface area contributed by atoms with Crippen LogP contribution in [0, 0.1) is 0 Å². The molecule has 0 unspecified atom stereocenters. The Kier molecular flexibility index (Phi) is 7.20. The Labute approximate surface area is 112 Å². The molecule has 0 spiro atoms. The maximum Gasteiger partial charge on any atom is 0.373 e. The van der Waals surface area contributed by atoms with Gasteiger partial charge in [-0.2, -0.15) is 0 Å². The van der Waals surface area contributed by atoms with E-state index < -0.39 is 8.56 Å². The Morgan fingerprint density at radius 1 is 1.00 bits per heavy atom. The lowest BCUT2D eigenvalue weighted by molar-refractivity contribution is 0.180. The molecule has 0 bridgehead atoms. The highest BCUT2D eigenvalue weighted by Crippen LogP contribution is 2.14. The van der Waals surface area contributed by atoms with E-state index in [4.69, 9.17) is 14.6 Å². The van der Waals surface area contributed by atoms with Gasteiger partial charge in [0.15, 0.2) is 0 Å². The molecule has 0 saturated carbocycles. The predicted octanol–water partition coefficient (Wildman–Crippen LogP) is 2.15. The van der Waals surface area contributed by atoms with Crippen LogP contribution in [0.5, 0.6) is 0 Å². The first-order chi connectivity index (χ1) is 8.79. The molecule has 0 saturated heterocycles. The Hall–Kier alpha value is -0.683. The summed E-state index contributed by atoms with van der Waals surface area (Å²) in [4.78, 5) is 0. The van der Waals surface area contributed by atoms with Crippen LogP contribution in [0.1, 0.15) is 26.7 Å². The summed E-state index contributed by atoms with van der Waals surface area (Å²) >= 11 is 0. The molecule has 3 nitrogen and oxygen atoms in total. The second-order valence-corrected chi connectivity index (χ2v) is 7.52. The minimum atomic E-state index is -2.34. The second kappa shape index (κ2) is 8.42. The maximum atomic E-state index is 6.14. The first-order valence-electron chi connectivity index (χ1n) is 6.82. The summed E-state index contributed by atoms with van der Waals surface area (Å²) < 4.78 is 12.3. The van der Waals surface area contributed by atoms with Gasteiger partial charge in [-0.15, -0.1) is 0 Å². The van der Waals surface area contributed by atoms with E-state index in [1.165, 1.54) is 5.19 Å². The average Bonchev–Trinajstić information content (AvgIpc) is 2.43. The lowest BCUT2D eigenvalue weighted by Crippen LogP contribution is -2.55. The van der Waals surface area contributed by atoms with Crippen LogP contribution in [0.25, 0.3) is 0 Å². The molecule has 1 aromatic carbocycles. The van der Waals surface area contributed by atoms with Crippen LogP contribution in [-0.4, -0.2) is 28.3 Å². The fraction of sp³-hybridized carbons (Fsp3) is 0.571. The van der Waals surface area contributed by atoms with E-state index in [2.05, 4.69) is 26.0 Å². The van der Waals surface area contributed by atoms with E-state index in [-0.39, 0.29) is 0 Å². The molecule has 2 N–H and O–H groups in total. The van der Waals surface area contributed by atoms with Gasteiger partial charge in [-0.25, -0.2) is 0 Å². The van der Waals surface area contributed by atoms with Crippen molar-refractivity contribution >= 4 is 13.7 Å². The molecule has 0 aliphatic heterocycles. The average molecular weight is 267 g/mol. The third-order valence-electron chi connectivity index (χ3n) is 2.77. The SMILES string of the molecule is CCCO[Si](CCN)(OCCC)c1ccccc1. The van der Waals surface area contributed by atoms with E-state index in [0.717, 1.165) is 32.1 Å². The van der Waals surface area contributed by atoms with Crippen molar-refractivity contribution in [3.63, 3.8) is 0 Å². The highest BCUT2D eigenvalue weighted by molar-refractivity contribution is 6.81. The fourth-order valence-electron chi connectivity index (χ4n) is 1.91. The summed E-state index contributed by atoms with van der Waals surface area (Å²) in [7, 11) is -2.34. The van der Waals surface area contributed by atoms with Gasteiger partial charge in [-0.3, -0.25) is 0 Å². The highest BCUT2D eigenvalue weighted by atomic mass is 28.4. The van der Waals surface area contributed by atoms with Gasteiger partial charge in [-0.1, -0.05) is 44.2 Å². The first-order valence-corrected chi connectivity index (χ1v) is 8.85. The van der Waals surface area contributed by atoms with Crippen molar-refractivity contribution < 1.29 is 8.85 Å².